The molecule has 11 heteroatoms. The Balaban J connectivity index is 1.58. The van der Waals surface area contributed by atoms with E-state index in [2.05, 4.69) is 25.4 Å². The van der Waals surface area contributed by atoms with Crippen LogP contribution in [0.2, 0.25) is 0 Å². The van der Waals surface area contributed by atoms with Crippen molar-refractivity contribution >= 4 is 21.4 Å². The maximum absolute atomic E-state index is 13.8. The Labute approximate surface area is 183 Å². The van der Waals surface area contributed by atoms with Crippen molar-refractivity contribution in [1.82, 2.24) is 20.1 Å². The molecule has 4 rings (SSSR count). The van der Waals surface area contributed by atoms with E-state index in [1.165, 1.54) is 37.0 Å². The lowest BCUT2D eigenvalue weighted by Crippen LogP contribution is -2.03. The number of nitrogens with zero attached hydrogens (tertiary/aromatic N) is 4. The van der Waals surface area contributed by atoms with Gasteiger partial charge in [-0.2, -0.15) is 4.98 Å². The van der Waals surface area contributed by atoms with E-state index in [9.17, 15) is 8.60 Å². The number of hydrogen-bond acceptors (Lipinski definition) is 9. The average Bonchev–Trinajstić information content (AvgIpc) is 3.25. The molecule has 0 aliphatic carbocycles. The van der Waals surface area contributed by atoms with Gasteiger partial charge in [-0.3, -0.25) is 4.78 Å². The average molecular weight is 454 g/mol. The zero-order chi connectivity index (χ0) is 22.6. The van der Waals surface area contributed by atoms with Crippen LogP contribution < -0.4 is 10.1 Å². The number of nitrogens with one attached hydrogen (secondary N) is 2. The molecule has 2 aromatic carbocycles. The summed E-state index contributed by atoms with van der Waals surface area (Å²) < 4.78 is 43.7. The molecular weight excluding hydrogens is 435 g/mol. The van der Waals surface area contributed by atoms with Crippen molar-refractivity contribution in [3.63, 3.8) is 0 Å². The fourth-order valence-electron chi connectivity index (χ4n) is 2.94. The van der Waals surface area contributed by atoms with E-state index in [1.54, 1.807) is 30.3 Å². The first-order valence-electron chi connectivity index (χ1n) is 9.44. The summed E-state index contributed by atoms with van der Waals surface area (Å²) in [5.74, 6) is 0.487. The summed E-state index contributed by atoms with van der Waals surface area (Å²) in [5, 5.41) is 6.84. The van der Waals surface area contributed by atoms with Crippen LogP contribution in [-0.2, 0) is 22.1 Å². The molecular formula is C21H19FN6O3S. The van der Waals surface area contributed by atoms with E-state index in [4.69, 9.17) is 14.0 Å². The molecule has 0 saturated carbocycles. The predicted octanol–water partition coefficient (Wildman–Crippen LogP) is 4.16. The highest BCUT2D eigenvalue weighted by Crippen LogP contribution is 2.29. The van der Waals surface area contributed by atoms with Crippen LogP contribution >= 0.6 is 0 Å². The fourth-order valence-corrected chi connectivity index (χ4v) is 3.75. The third-order valence-corrected chi connectivity index (χ3v) is 5.13. The normalized spacial score (nSPS) is 12.8. The minimum atomic E-state index is -2.66. The Kier molecular flexibility index (Phi) is 6.08. The van der Waals surface area contributed by atoms with Gasteiger partial charge in [0.05, 0.1) is 11.3 Å². The largest absolute Gasteiger partial charge is 0.486 e. The summed E-state index contributed by atoms with van der Waals surface area (Å²) in [7, 11) is -2.66. The van der Waals surface area contributed by atoms with Gasteiger partial charge >= 0.3 is 0 Å². The molecule has 2 aromatic heterocycles. The summed E-state index contributed by atoms with van der Waals surface area (Å²) in [4.78, 5) is 12.7. The molecule has 0 aliphatic heterocycles. The first kappa shape index (κ1) is 21.4. The van der Waals surface area contributed by atoms with Crippen LogP contribution in [0.5, 0.6) is 5.75 Å². The van der Waals surface area contributed by atoms with E-state index < -0.39 is 15.5 Å². The SMILES string of the molecule is CS(=N)(=O)Cc1cccc(Nc2ncnc(-c3ccc(F)cc3OCc3ccon3)n2)c1. The monoisotopic (exact) mass is 454 g/mol. The van der Waals surface area contributed by atoms with Gasteiger partial charge in [-0.25, -0.2) is 18.6 Å². The topological polar surface area (TPSA) is 127 Å². The molecule has 0 saturated heterocycles. The van der Waals surface area contributed by atoms with Gasteiger partial charge in [0.2, 0.25) is 5.95 Å². The van der Waals surface area contributed by atoms with Crippen molar-refractivity contribution in [2.45, 2.75) is 12.4 Å². The van der Waals surface area contributed by atoms with Gasteiger partial charge in [0.15, 0.2) is 5.82 Å². The lowest BCUT2D eigenvalue weighted by molar-refractivity contribution is 0.289. The Bertz CT molecular complexity index is 1330. The van der Waals surface area contributed by atoms with Gasteiger partial charge in [-0.1, -0.05) is 17.3 Å². The third kappa shape index (κ3) is 5.64. The summed E-state index contributed by atoms with van der Waals surface area (Å²) in [6.07, 6.45) is 4.16. The standard InChI is InChI=1S/C21H19FN6O3S/c1-32(23,29)12-14-3-2-4-16(9-14)26-21-25-13-24-20(27-21)18-6-5-15(22)10-19(18)30-11-17-7-8-31-28-17/h2-10,13,23H,11-12H2,1H3,(H,24,25,26,27). The van der Waals surface area contributed by atoms with E-state index in [1.807, 2.05) is 0 Å². The molecule has 0 radical (unpaired) electrons. The highest BCUT2D eigenvalue weighted by molar-refractivity contribution is 7.90. The Morgan fingerprint density at radius 2 is 2.06 bits per heavy atom. The lowest BCUT2D eigenvalue weighted by atomic mass is 10.2. The number of halogens is 1. The Hall–Kier alpha value is -3.86. The van der Waals surface area contributed by atoms with Gasteiger partial charge < -0.3 is 14.6 Å². The molecule has 0 amide bonds. The van der Waals surface area contributed by atoms with Gasteiger partial charge in [-0.05, 0) is 29.8 Å². The minimum absolute atomic E-state index is 0.0898. The van der Waals surface area contributed by atoms with Gasteiger partial charge in [0.1, 0.15) is 36.5 Å². The molecule has 2 heterocycles. The highest BCUT2D eigenvalue weighted by atomic mass is 32.2. The van der Waals surface area contributed by atoms with Crippen molar-refractivity contribution in [3.05, 3.63) is 78.2 Å². The molecule has 1 atom stereocenters. The van der Waals surface area contributed by atoms with Crippen LogP contribution in [0.4, 0.5) is 16.0 Å². The van der Waals surface area contributed by atoms with Crippen LogP contribution in [0.1, 0.15) is 11.3 Å². The summed E-state index contributed by atoms with van der Waals surface area (Å²) >= 11 is 0. The Morgan fingerprint density at radius 1 is 1.19 bits per heavy atom. The second-order valence-corrected chi connectivity index (χ2v) is 9.33. The van der Waals surface area contributed by atoms with Crippen molar-refractivity contribution < 1.29 is 17.9 Å². The maximum Gasteiger partial charge on any atom is 0.230 e. The number of rotatable bonds is 8. The van der Waals surface area contributed by atoms with Crippen LogP contribution in [0, 0.1) is 10.6 Å². The maximum atomic E-state index is 13.8. The smallest absolute Gasteiger partial charge is 0.230 e. The second-order valence-electron chi connectivity index (χ2n) is 7.03. The highest BCUT2D eigenvalue weighted by Gasteiger charge is 2.13. The second kappa shape index (κ2) is 9.10. The minimum Gasteiger partial charge on any atom is -0.486 e. The first-order valence-corrected chi connectivity index (χ1v) is 11.6. The quantitative estimate of drug-likeness (QED) is 0.406. The molecule has 2 N–H and O–H groups in total. The number of hydrogen-bond donors (Lipinski definition) is 2. The van der Waals surface area contributed by atoms with Gasteiger partial charge in [0.25, 0.3) is 0 Å². The number of aromatic nitrogens is 4. The van der Waals surface area contributed by atoms with Crippen molar-refractivity contribution in [2.75, 3.05) is 11.6 Å². The van der Waals surface area contributed by atoms with Crippen molar-refractivity contribution in [2.24, 2.45) is 0 Å². The predicted molar refractivity (Wildman–Crippen MR) is 116 cm³/mol. The Morgan fingerprint density at radius 3 is 2.84 bits per heavy atom. The molecule has 0 spiro atoms. The van der Waals surface area contributed by atoms with E-state index >= 15 is 0 Å². The number of ether oxygens (including phenoxy) is 1. The zero-order valence-electron chi connectivity index (χ0n) is 17.0. The molecule has 1 unspecified atom stereocenters. The summed E-state index contributed by atoms with van der Waals surface area (Å²) in [5.41, 5.74) is 2.47. The number of anilines is 2. The van der Waals surface area contributed by atoms with Crippen LogP contribution in [0.3, 0.4) is 0 Å². The van der Waals surface area contributed by atoms with Crippen molar-refractivity contribution in [3.8, 4) is 17.1 Å². The van der Waals surface area contributed by atoms with Crippen LogP contribution in [0.15, 0.2) is 65.6 Å². The van der Waals surface area contributed by atoms with Crippen LogP contribution in [-0.4, -0.2) is 30.6 Å². The van der Waals surface area contributed by atoms with E-state index in [-0.39, 0.29) is 29.9 Å². The van der Waals surface area contributed by atoms with Crippen molar-refractivity contribution in [1.29, 1.82) is 4.78 Å². The summed E-state index contributed by atoms with van der Waals surface area (Å²) in [6.45, 7) is 0.0898. The van der Waals surface area contributed by atoms with Gasteiger partial charge in [-0.15, -0.1) is 0 Å². The molecule has 0 fully saturated rings. The molecule has 32 heavy (non-hydrogen) atoms. The van der Waals surface area contributed by atoms with E-state index in [0.29, 0.717) is 16.9 Å². The molecule has 9 nitrogen and oxygen atoms in total. The van der Waals surface area contributed by atoms with Crippen LogP contribution in [0.25, 0.3) is 11.4 Å². The fraction of sp³-hybridized carbons (Fsp3) is 0.143. The zero-order valence-corrected chi connectivity index (χ0v) is 17.8. The molecule has 4 aromatic rings. The molecule has 164 valence electrons. The third-order valence-electron chi connectivity index (χ3n) is 4.25. The van der Waals surface area contributed by atoms with E-state index in [0.717, 1.165) is 5.56 Å². The lowest BCUT2D eigenvalue weighted by Gasteiger charge is -2.11. The summed E-state index contributed by atoms with van der Waals surface area (Å²) in [6, 6.07) is 12.9. The number of benzene rings is 2. The molecule has 0 bridgehead atoms. The van der Waals surface area contributed by atoms with Gasteiger partial charge in [0, 0.05) is 33.8 Å². The molecule has 0 aliphatic rings. The first-order chi connectivity index (χ1) is 15.4.